The van der Waals surface area contributed by atoms with Crippen molar-refractivity contribution >= 4 is 22.9 Å². The van der Waals surface area contributed by atoms with Crippen molar-refractivity contribution in [3.63, 3.8) is 0 Å². The molecule has 1 aliphatic heterocycles. The Labute approximate surface area is 221 Å². The number of anilines is 1. The molecule has 0 unspecified atom stereocenters. The highest BCUT2D eigenvalue weighted by molar-refractivity contribution is 6.05. The molecule has 0 spiro atoms. The first kappa shape index (κ1) is 26.0. The van der Waals surface area contributed by atoms with Crippen LogP contribution in [0.5, 0.6) is 0 Å². The zero-order chi connectivity index (χ0) is 27.2. The van der Waals surface area contributed by atoms with E-state index in [9.17, 15) is 9.90 Å². The molecule has 4 heterocycles. The monoisotopic (exact) mass is 519 g/mol. The molecule has 200 valence electrons. The van der Waals surface area contributed by atoms with Crippen molar-refractivity contribution in [1.29, 1.82) is 0 Å². The molecule has 10 heteroatoms. The van der Waals surface area contributed by atoms with Gasteiger partial charge in [-0.1, -0.05) is 6.07 Å². The predicted octanol–water partition coefficient (Wildman–Crippen LogP) is 4.11. The van der Waals surface area contributed by atoms with Crippen molar-refractivity contribution in [1.82, 2.24) is 29.2 Å². The highest BCUT2D eigenvalue weighted by Crippen LogP contribution is 2.32. The van der Waals surface area contributed by atoms with Gasteiger partial charge in [0.25, 0.3) is 5.91 Å². The first-order chi connectivity index (χ1) is 18.0. The number of aromatic nitrogens is 5. The van der Waals surface area contributed by atoms with Crippen LogP contribution in [0.4, 0.5) is 10.3 Å². The highest BCUT2D eigenvalue weighted by Gasteiger charge is 2.25. The number of likely N-dealkylation sites (tertiary alicyclic amines) is 1. The lowest BCUT2D eigenvalue weighted by molar-refractivity contribution is 0.0630. The number of imidazole rings is 1. The summed E-state index contributed by atoms with van der Waals surface area (Å²) in [6.45, 7) is 7.41. The van der Waals surface area contributed by atoms with Gasteiger partial charge in [0.05, 0.1) is 34.9 Å². The molecule has 0 atom stereocenters. The molecule has 9 nitrogen and oxygen atoms in total. The van der Waals surface area contributed by atoms with Crippen molar-refractivity contribution in [2.45, 2.75) is 51.7 Å². The number of nitrogens with one attached hydrogen (secondary N) is 1. The van der Waals surface area contributed by atoms with Gasteiger partial charge in [0, 0.05) is 24.5 Å². The van der Waals surface area contributed by atoms with Crippen molar-refractivity contribution in [2.24, 2.45) is 7.05 Å². The Hall–Kier alpha value is -3.63. The van der Waals surface area contributed by atoms with Crippen LogP contribution in [-0.2, 0) is 13.6 Å². The van der Waals surface area contributed by atoms with E-state index in [-0.39, 0.29) is 23.8 Å². The summed E-state index contributed by atoms with van der Waals surface area (Å²) in [5, 5.41) is 17.5. The number of carbonyl (C=O) groups is 1. The van der Waals surface area contributed by atoms with Gasteiger partial charge >= 0.3 is 0 Å². The summed E-state index contributed by atoms with van der Waals surface area (Å²) < 4.78 is 18.9. The van der Waals surface area contributed by atoms with E-state index in [2.05, 4.69) is 39.5 Å². The van der Waals surface area contributed by atoms with Gasteiger partial charge in [-0.3, -0.25) is 14.8 Å². The Bertz CT molecular complexity index is 1490. The second kappa shape index (κ2) is 9.92. The van der Waals surface area contributed by atoms with E-state index >= 15 is 4.39 Å². The Kier molecular flexibility index (Phi) is 6.79. The van der Waals surface area contributed by atoms with Crippen LogP contribution in [-0.4, -0.2) is 66.0 Å². The standard InChI is InChI=1S/C28H34FN7O2/c1-17-12-21(24(29)25(31-17)20-14-30-35(5)15-20)26(37)33-27-32-22-13-19(18-8-10-34(4)11-9-18)6-7-23(22)36(27)16-28(2,3)38/h6-7,12-15,18,38H,8-11,16H2,1-5H3,(H,32,33,37). The number of carbonyl (C=O) groups excluding carboxylic acids is 1. The third kappa shape index (κ3) is 5.32. The topological polar surface area (TPSA) is 101 Å². The van der Waals surface area contributed by atoms with Gasteiger partial charge in [0.1, 0.15) is 5.69 Å². The van der Waals surface area contributed by atoms with Crippen molar-refractivity contribution < 1.29 is 14.3 Å². The average molecular weight is 520 g/mol. The molecule has 1 saturated heterocycles. The SMILES string of the molecule is Cc1cc(C(=O)Nc2nc3cc(C4CCN(C)CC4)ccc3n2CC(C)(C)O)c(F)c(-c2cnn(C)c2)n1. The van der Waals surface area contributed by atoms with E-state index in [4.69, 9.17) is 4.98 Å². The lowest BCUT2D eigenvalue weighted by Gasteiger charge is -2.29. The summed E-state index contributed by atoms with van der Waals surface area (Å²) in [4.78, 5) is 24.8. The van der Waals surface area contributed by atoms with E-state index in [0.717, 1.165) is 37.0 Å². The minimum absolute atomic E-state index is 0.0658. The van der Waals surface area contributed by atoms with Gasteiger partial charge in [-0.25, -0.2) is 14.4 Å². The molecule has 0 bridgehead atoms. The summed E-state index contributed by atoms with van der Waals surface area (Å²) in [5.41, 5.74) is 2.59. The molecule has 1 aliphatic rings. The number of piperidine rings is 1. The molecule has 1 amide bonds. The number of nitrogens with zero attached hydrogens (tertiary/aromatic N) is 6. The van der Waals surface area contributed by atoms with Crippen molar-refractivity contribution in [3.05, 3.63) is 59.3 Å². The second-order valence-corrected chi connectivity index (χ2v) is 11.0. The van der Waals surface area contributed by atoms with Crippen LogP contribution in [0.25, 0.3) is 22.3 Å². The van der Waals surface area contributed by atoms with Crippen LogP contribution in [0.3, 0.4) is 0 Å². The quantitative estimate of drug-likeness (QED) is 0.398. The summed E-state index contributed by atoms with van der Waals surface area (Å²) in [7, 11) is 3.87. The minimum Gasteiger partial charge on any atom is -0.389 e. The molecule has 5 rings (SSSR count). The van der Waals surface area contributed by atoms with Crippen molar-refractivity contribution in [3.8, 4) is 11.3 Å². The molecule has 4 aromatic rings. The number of rotatable bonds is 6. The zero-order valence-corrected chi connectivity index (χ0v) is 22.5. The van der Waals surface area contributed by atoms with Crippen molar-refractivity contribution in [2.75, 3.05) is 25.5 Å². The molecular weight excluding hydrogens is 485 g/mol. The first-order valence-corrected chi connectivity index (χ1v) is 12.9. The Balaban J connectivity index is 1.51. The van der Waals surface area contributed by atoms with Crippen LogP contribution in [0, 0.1) is 12.7 Å². The molecule has 1 fully saturated rings. The minimum atomic E-state index is -1.06. The maximum Gasteiger partial charge on any atom is 0.261 e. The van der Waals surface area contributed by atoms with Crippen LogP contribution in [0.1, 0.15) is 54.2 Å². The van der Waals surface area contributed by atoms with Crippen LogP contribution >= 0.6 is 0 Å². The Morgan fingerprint density at radius 1 is 1.18 bits per heavy atom. The molecule has 0 saturated carbocycles. The molecule has 38 heavy (non-hydrogen) atoms. The second-order valence-electron chi connectivity index (χ2n) is 11.0. The summed E-state index contributed by atoms with van der Waals surface area (Å²) >= 11 is 0. The lowest BCUT2D eigenvalue weighted by atomic mass is 9.89. The van der Waals surface area contributed by atoms with E-state index in [1.54, 1.807) is 43.3 Å². The molecule has 0 radical (unpaired) electrons. The normalized spacial score (nSPS) is 15.3. The smallest absolute Gasteiger partial charge is 0.261 e. The van der Waals surface area contributed by atoms with E-state index in [1.807, 2.05) is 6.07 Å². The third-order valence-corrected chi connectivity index (χ3v) is 7.04. The van der Waals surface area contributed by atoms with Gasteiger partial charge < -0.3 is 14.6 Å². The number of hydrogen-bond acceptors (Lipinski definition) is 6. The van der Waals surface area contributed by atoms with Crippen LogP contribution < -0.4 is 5.32 Å². The summed E-state index contributed by atoms with van der Waals surface area (Å²) in [6, 6.07) is 7.60. The summed E-state index contributed by atoms with van der Waals surface area (Å²) in [5.74, 6) is -0.658. The molecular formula is C28H34FN7O2. The number of halogens is 1. The molecule has 3 aromatic heterocycles. The van der Waals surface area contributed by atoms with Gasteiger partial charge in [0.15, 0.2) is 5.82 Å². The zero-order valence-electron chi connectivity index (χ0n) is 22.5. The van der Waals surface area contributed by atoms with E-state index < -0.39 is 17.3 Å². The van der Waals surface area contributed by atoms with E-state index in [1.165, 1.54) is 17.8 Å². The number of aryl methyl sites for hydroxylation is 2. The number of pyridine rings is 1. The van der Waals surface area contributed by atoms with E-state index in [0.29, 0.717) is 17.2 Å². The van der Waals surface area contributed by atoms with Crippen LogP contribution in [0.2, 0.25) is 0 Å². The van der Waals surface area contributed by atoms with Crippen LogP contribution in [0.15, 0.2) is 36.7 Å². The molecule has 0 aliphatic carbocycles. The molecule has 1 aromatic carbocycles. The fraction of sp³-hybridized carbons (Fsp3) is 0.429. The lowest BCUT2D eigenvalue weighted by Crippen LogP contribution is -2.29. The van der Waals surface area contributed by atoms with Gasteiger partial charge in [0.2, 0.25) is 5.95 Å². The third-order valence-electron chi connectivity index (χ3n) is 7.04. The number of fused-ring (bicyclic) bond motifs is 1. The fourth-order valence-corrected chi connectivity index (χ4v) is 5.11. The fourth-order valence-electron chi connectivity index (χ4n) is 5.11. The highest BCUT2D eigenvalue weighted by atomic mass is 19.1. The summed E-state index contributed by atoms with van der Waals surface area (Å²) in [6.07, 6.45) is 5.32. The number of aliphatic hydroxyl groups is 1. The maximum absolute atomic E-state index is 15.5. The average Bonchev–Trinajstić information content (AvgIpc) is 3.42. The van der Waals surface area contributed by atoms with Gasteiger partial charge in [-0.05, 0) is 83.4 Å². The first-order valence-electron chi connectivity index (χ1n) is 12.9. The number of amides is 1. The number of hydrogen-bond donors (Lipinski definition) is 2. The molecule has 2 N–H and O–H groups in total. The Morgan fingerprint density at radius 3 is 2.58 bits per heavy atom. The maximum atomic E-state index is 15.5. The van der Waals surface area contributed by atoms with Gasteiger partial charge in [-0.15, -0.1) is 0 Å². The number of benzene rings is 1. The van der Waals surface area contributed by atoms with Gasteiger partial charge in [-0.2, -0.15) is 5.10 Å². The Morgan fingerprint density at radius 2 is 1.92 bits per heavy atom. The largest absolute Gasteiger partial charge is 0.389 e. The predicted molar refractivity (Wildman–Crippen MR) is 145 cm³/mol.